The molecule has 6 N–H and O–H groups in total. The second-order valence-corrected chi connectivity index (χ2v) is 12.0. The third-order valence-corrected chi connectivity index (χ3v) is 9.16. The summed E-state index contributed by atoms with van der Waals surface area (Å²) in [6.45, 7) is 0.587. The third-order valence-electron chi connectivity index (χ3n) is 9.16. The molecule has 44 heavy (non-hydrogen) atoms. The topological polar surface area (TPSA) is 165 Å². The number of aliphatic hydroxyl groups excluding tert-OH is 2. The first-order valence-electron chi connectivity index (χ1n) is 15.4. The fraction of sp³-hybridized carbons (Fsp3) is 0.406. The number of imidazole rings is 1. The molecule has 4 atom stereocenters. The van der Waals surface area contributed by atoms with E-state index in [1.165, 1.54) is 11.1 Å². The van der Waals surface area contributed by atoms with Gasteiger partial charge in [0, 0.05) is 30.7 Å². The van der Waals surface area contributed by atoms with E-state index in [9.17, 15) is 10.2 Å². The number of hydrogen-bond donors (Lipinski definition) is 5. The first-order valence-corrected chi connectivity index (χ1v) is 15.4. The Morgan fingerprint density at radius 2 is 1.57 bits per heavy atom. The van der Waals surface area contributed by atoms with Crippen molar-refractivity contribution >= 4 is 22.9 Å². The second kappa shape index (κ2) is 12.3. The number of benzene rings is 2. The van der Waals surface area contributed by atoms with Crippen molar-refractivity contribution in [2.24, 2.45) is 5.73 Å². The summed E-state index contributed by atoms with van der Waals surface area (Å²) in [6, 6.07) is 20.4. The molecule has 2 saturated carbocycles. The minimum Gasteiger partial charge on any atom is -0.388 e. The number of nitrogens with one attached hydrogen (secondary N) is 2. The van der Waals surface area contributed by atoms with Crippen molar-refractivity contribution in [3.63, 3.8) is 0 Å². The van der Waals surface area contributed by atoms with Gasteiger partial charge in [-0.1, -0.05) is 65.9 Å². The van der Waals surface area contributed by atoms with Crippen LogP contribution < -0.4 is 16.4 Å². The van der Waals surface area contributed by atoms with E-state index in [0.717, 1.165) is 25.7 Å². The molecular weight excluding hydrogens is 556 g/mol. The van der Waals surface area contributed by atoms with Gasteiger partial charge in [0.05, 0.1) is 24.6 Å². The fourth-order valence-corrected chi connectivity index (χ4v) is 6.71. The Labute approximate surface area is 255 Å². The Morgan fingerprint density at radius 3 is 2.23 bits per heavy atom. The van der Waals surface area contributed by atoms with E-state index in [-0.39, 0.29) is 18.0 Å². The molecule has 0 radical (unpaired) electrons. The van der Waals surface area contributed by atoms with Crippen LogP contribution in [0.1, 0.15) is 61.2 Å². The maximum Gasteiger partial charge on any atom is 0.227 e. The molecule has 0 amide bonds. The van der Waals surface area contributed by atoms with Gasteiger partial charge < -0.3 is 31.1 Å². The molecule has 0 bridgehead atoms. The molecular formula is C32H38N10O2. The lowest BCUT2D eigenvalue weighted by Gasteiger charge is -2.27. The SMILES string of the molecule is NC1CCC(Nc2nc(NCC(c3ccccc3)c3ccccc3)c3ncn([C@@H]4C[C@H](n5ccnn5)[C@@H](O)[C@H]4O)c3n2)CC1. The molecule has 2 aliphatic rings. The van der Waals surface area contributed by atoms with Crippen LogP contribution in [0, 0.1) is 0 Å². The van der Waals surface area contributed by atoms with E-state index in [1.807, 2.05) is 16.7 Å². The van der Waals surface area contributed by atoms with Gasteiger partial charge in [-0.15, -0.1) is 5.10 Å². The molecule has 7 rings (SSSR count). The molecule has 2 aromatic carbocycles. The van der Waals surface area contributed by atoms with E-state index in [2.05, 4.69) is 69.5 Å². The Balaban J connectivity index is 1.23. The van der Waals surface area contributed by atoms with Crippen molar-refractivity contribution in [3.8, 4) is 0 Å². The summed E-state index contributed by atoms with van der Waals surface area (Å²) in [4.78, 5) is 14.6. The first kappa shape index (κ1) is 28.4. The van der Waals surface area contributed by atoms with E-state index in [0.29, 0.717) is 35.9 Å². The number of rotatable bonds is 9. The summed E-state index contributed by atoms with van der Waals surface area (Å²) in [6.07, 6.45) is 7.14. The molecule has 5 aromatic rings. The van der Waals surface area contributed by atoms with Crippen LogP contribution in [0.15, 0.2) is 79.4 Å². The largest absolute Gasteiger partial charge is 0.388 e. The third kappa shape index (κ3) is 5.63. The van der Waals surface area contributed by atoms with Crippen LogP contribution in [0.25, 0.3) is 11.2 Å². The van der Waals surface area contributed by atoms with E-state index in [4.69, 9.17) is 20.7 Å². The molecule has 0 saturated heterocycles. The summed E-state index contributed by atoms with van der Waals surface area (Å²) in [5.41, 5.74) is 9.75. The lowest BCUT2D eigenvalue weighted by Crippen LogP contribution is -2.33. The van der Waals surface area contributed by atoms with Crippen LogP contribution >= 0.6 is 0 Å². The van der Waals surface area contributed by atoms with Crippen molar-refractivity contribution < 1.29 is 10.2 Å². The summed E-state index contributed by atoms with van der Waals surface area (Å²) < 4.78 is 3.46. The highest BCUT2D eigenvalue weighted by atomic mass is 16.3. The molecule has 228 valence electrons. The van der Waals surface area contributed by atoms with Gasteiger partial charge in [0.2, 0.25) is 5.95 Å². The zero-order valence-corrected chi connectivity index (χ0v) is 24.4. The van der Waals surface area contributed by atoms with Crippen molar-refractivity contribution in [1.82, 2.24) is 34.5 Å². The van der Waals surface area contributed by atoms with Gasteiger partial charge in [-0.05, 0) is 43.2 Å². The number of hydrogen-bond acceptors (Lipinski definition) is 10. The minimum atomic E-state index is -1.04. The molecule has 2 fully saturated rings. The van der Waals surface area contributed by atoms with Gasteiger partial charge in [-0.3, -0.25) is 0 Å². The maximum atomic E-state index is 11.2. The van der Waals surface area contributed by atoms with Crippen molar-refractivity contribution in [1.29, 1.82) is 0 Å². The number of fused-ring (bicyclic) bond motifs is 1. The maximum absolute atomic E-state index is 11.2. The summed E-state index contributed by atoms with van der Waals surface area (Å²) in [5, 5.41) is 37.2. The molecule has 2 aliphatic carbocycles. The smallest absolute Gasteiger partial charge is 0.227 e. The number of nitrogens with two attached hydrogens (primary N) is 1. The van der Waals surface area contributed by atoms with Gasteiger partial charge in [0.1, 0.15) is 12.2 Å². The van der Waals surface area contributed by atoms with E-state index >= 15 is 0 Å². The predicted octanol–water partition coefficient (Wildman–Crippen LogP) is 3.25. The van der Waals surface area contributed by atoms with Gasteiger partial charge >= 0.3 is 0 Å². The number of aliphatic hydroxyl groups is 2. The Hall–Kier alpha value is -4.39. The van der Waals surface area contributed by atoms with E-state index < -0.39 is 24.3 Å². The van der Waals surface area contributed by atoms with Crippen LogP contribution in [0.5, 0.6) is 0 Å². The van der Waals surface area contributed by atoms with Crippen LogP contribution in [-0.2, 0) is 0 Å². The first-order chi connectivity index (χ1) is 21.5. The average molecular weight is 595 g/mol. The van der Waals surface area contributed by atoms with Crippen molar-refractivity contribution in [2.75, 3.05) is 17.2 Å². The molecule has 0 aliphatic heterocycles. The Morgan fingerprint density at radius 1 is 0.886 bits per heavy atom. The summed E-state index contributed by atoms with van der Waals surface area (Å²) in [7, 11) is 0. The van der Waals surface area contributed by atoms with Crippen LogP contribution in [-0.4, -0.2) is 75.6 Å². The molecule has 12 nitrogen and oxygen atoms in total. The second-order valence-electron chi connectivity index (χ2n) is 12.0. The van der Waals surface area contributed by atoms with Gasteiger partial charge in [-0.2, -0.15) is 9.97 Å². The zero-order valence-electron chi connectivity index (χ0n) is 24.4. The minimum absolute atomic E-state index is 0.0796. The number of anilines is 2. The van der Waals surface area contributed by atoms with Crippen LogP contribution in [0.4, 0.5) is 11.8 Å². The lowest BCUT2D eigenvalue weighted by atomic mass is 9.91. The van der Waals surface area contributed by atoms with Crippen LogP contribution in [0.2, 0.25) is 0 Å². The average Bonchev–Trinajstić information content (AvgIpc) is 3.80. The van der Waals surface area contributed by atoms with Gasteiger partial charge in [0.15, 0.2) is 17.0 Å². The molecule has 12 heteroatoms. The van der Waals surface area contributed by atoms with Crippen molar-refractivity contribution in [2.45, 2.75) is 74.4 Å². The number of aromatic nitrogens is 7. The number of nitrogens with zero attached hydrogens (tertiary/aromatic N) is 7. The molecule has 3 heterocycles. The predicted molar refractivity (Wildman–Crippen MR) is 167 cm³/mol. The Bertz CT molecular complexity index is 1620. The molecule has 3 aromatic heterocycles. The standard InChI is InChI=1S/C32H38N10O2/c33-22-11-13-23(14-12-22)37-32-38-30(34-18-24(20-7-3-1-4-8-20)21-9-5-2-6-10-21)27-31(39-32)41(19-35-27)25-17-26(29(44)28(25)43)42-16-15-36-40-42/h1-10,15-16,19,22-26,28-29,43-44H,11-14,17-18,33H2,(H2,34,37,38,39)/t22?,23?,25-,26+,28+,29-/m1/s1. The highest BCUT2D eigenvalue weighted by Crippen LogP contribution is 2.40. The quantitative estimate of drug-likeness (QED) is 0.171. The molecule has 0 spiro atoms. The monoisotopic (exact) mass is 594 g/mol. The Kier molecular flexibility index (Phi) is 7.94. The van der Waals surface area contributed by atoms with Crippen molar-refractivity contribution in [3.05, 3.63) is 90.5 Å². The van der Waals surface area contributed by atoms with Crippen LogP contribution in [0.3, 0.4) is 0 Å². The summed E-state index contributed by atoms with van der Waals surface area (Å²) in [5.74, 6) is 1.19. The fourth-order valence-electron chi connectivity index (χ4n) is 6.71. The highest BCUT2D eigenvalue weighted by molar-refractivity contribution is 5.84. The highest BCUT2D eigenvalue weighted by Gasteiger charge is 2.44. The zero-order chi connectivity index (χ0) is 30.0. The van der Waals surface area contributed by atoms with Gasteiger partial charge in [-0.25, -0.2) is 9.67 Å². The lowest BCUT2D eigenvalue weighted by molar-refractivity contribution is 0.00696. The summed E-state index contributed by atoms with van der Waals surface area (Å²) >= 11 is 0. The normalized spacial score (nSPS) is 25.5. The van der Waals surface area contributed by atoms with Gasteiger partial charge in [0.25, 0.3) is 0 Å². The van der Waals surface area contributed by atoms with E-state index in [1.54, 1.807) is 23.4 Å². The molecule has 0 unspecified atom stereocenters.